The van der Waals surface area contributed by atoms with Crippen molar-refractivity contribution >= 4 is 12.2 Å². The van der Waals surface area contributed by atoms with E-state index in [0.717, 1.165) is 40.9 Å². The summed E-state index contributed by atoms with van der Waals surface area (Å²) in [7, 11) is 1.24. The SMILES string of the molecule is COC(=O)N(O)CC1=Cc2cccc(OCc3ccccc3)c2CC1. The molecule has 0 aliphatic heterocycles. The average Bonchev–Trinajstić information content (AvgIpc) is 2.66. The zero-order valence-corrected chi connectivity index (χ0v) is 14.1. The maximum Gasteiger partial charge on any atom is 0.433 e. The van der Waals surface area contributed by atoms with Crippen LogP contribution < -0.4 is 4.74 Å². The summed E-state index contributed by atoms with van der Waals surface area (Å²) in [6.07, 6.45) is 2.81. The molecule has 0 fully saturated rings. The van der Waals surface area contributed by atoms with E-state index in [2.05, 4.69) is 4.74 Å². The average molecular weight is 339 g/mol. The number of rotatable bonds is 5. The number of benzene rings is 2. The minimum absolute atomic E-state index is 0.140. The Balaban J connectivity index is 1.72. The van der Waals surface area contributed by atoms with Gasteiger partial charge in [0, 0.05) is 5.56 Å². The molecule has 5 nitrogen and oxygen atoms in total. The van der Waals surface area contributed by atoms with E-state index < -0.39 is 6.09 Å². The van der Waals surface area contributed by atoms with Gasteiger partial charge in [0.2, 0.25) is 0 Å². The third-order valence-corrected chi connectivity index (χ3v) is 4.20. The fourth-order valence-corrected chi connectivity index (χ4v) is 2.92. The van der Waals surface area contributed by atoms with Gasteiger partial charge < -0.3 is 9.47 Å². The standard InChI is InChI=1S/C20H21NO4/c1-24-20(22)21(23)13-16-10-11-18-17(12-16)8-5-9-19(18)25-14-15-6-3-2-4-7-15/h2-9,12,23H,10-11,13-14H2,1H3. The van der Waals surface area contributed by atoms with Crippen LogP contribution in [0.1, 0.15) is 23.1 Å². The molecule has 0 aromatic heterocycles. The molecule has 0 unspecified atom stereocenters. The van der Waals surface area contributed by atoms with Gasteiger partial charge in [0.15, 0.2) is 0 Å². The molecule has 1 N–H and O–H groups in total. The summed E-state index contributed by atoms with van der Waals surface area (Å²) in [6, 6.07) is 16.0. The first-order chi connectivity index (χ1) is 12.2. The lowest BCUT2D eigenvalue weighted by Gasteiger charge is -2.22. The fourth-order valence-electron chi connectivity index (χ4n) is 2.92. The Morgan fingerprint density at radius 1 is 1.12 bits per heavy atom. The summed E-state index contributed by atoms with van der Waals surface area (Å²) >= 11 is 0. The Hall–Kier alpha value is -2.79. The monoisotopic (exact) mass is 339 g/mol. The largest absolute Gasteiger partial charge is 0.489 e. The van der Waals surface area contributed by atoms with Crippen molar-refractivity contribution in [2.24, 2.45) is 0 Å². The molecule has 1 aliphatic rings. The zero-order chi connectivity index (χ0) is 17.6. The quantitative estimate of drug-likeness (QED) is 0.659. The molecule has 0 saturated heterocycles. The molecule has 0 heterocycles. The fraction of sp³-hybridized carbons (Fsp3) is 0.250. The number of hydrogen-bond acceptors (Lipinski definition) is 4. The molecule has 25 heavy (non-hydrogen) atoms. The Morgan fingerprint density at radius 2 is 1.92 bits per heavy atom. The van der Waals surface area contributed by atoms with Gasteiger partial charge in [-0.2, -0.15) is 5.06 Å². The van der Waals surface area contributed by atoms with E-state index >= 15 is 0 Å². The number of carbonyl (C=O) groups excluding carboxylic acids is 1. The number of ether oxygens (including phenoxy) is 2. The second-order valence-corrected chi connectivity index (χ2v) is 5.93. The van der Waals surface area contributed by atoms with E-state index in [1.165, 1.54) is 7.11 Å². The van der Waals surface area contributed by atoms with Crippen LogP contribution in [0.15, 0.2) is 54.1 Å². The van der Waals surface area contributed by atoms with Crippen molar-refractivity contribution in [2.45, 2.75) is 19.4 Å². The number of carbonyl (C=O) groups is 1. The summed E-state index contributed by atoms with van der Waals surface area (Å²) < 4.78 is 10.5. The van der Waals surface area contributed by atoms with Crippen molar-refractivity contribution in [3.05, 3.63) is 70.8 Å². The first-order valence-corrected chi connectivity index (χ1v) is 8.20. The number of hydroxylamine groups is 2. The molecular formula is C20H21NO4. The lowest BCUT2D eigenvalue weighted by Crippen LogP contribution is -2.29. The highest BCUT2D eigenvalue weighted by Gasteiger charge is 2.18. The molecular weight excluding hydrogens is 318 g/mol. The van der Waals surface area contributed by atoms with E-state index in [-0.39, 0.29) is 6.54 Å². The molecule has 0 bridgehead atoms. The molecule has 2 aromatic carbocycles. The second kappa shape index (κ2) is 7.85. The number of methoxy groups -OCH3 is 1. The molecule has 3 rings (SSSR count). The van der Waals surface area contributed by atoms with Crippen LogP contribution in [0.25, 0.3) is 6.08 Å². The van der Waals surface area contributed by atoms with Crippen LogP contribution in [0, 0.1) is 0 Å². The zero-order valence-electron chi connectivity index (χ0n) is 14.1. The van der Waals surface area contributed by atoms with E-state index in [9.17, 15) is 10.0 Å². The van der Waals surface area contributed by atoms with E-state index in [1.807, 2.05) is 54.6 Å². The summed E-state index contributed by atoms with van der Waals surface area (Å²) in [5, 5.41) is 10.3. The first kappa shape index (κ1) is 17.0. The van der Waals surface area contributed by atoms with Gasteiger partial charge in [0.1, 0.15) is 12.4 Å². The van der Waals surface area contributed by atoms with Crippen LogP contribution in [0.5, 0.6) is 5.75 Å². The van der Waals surface area contributed by atoms with Crippen molar-refractivity contribution in [1.29, 1.82) is 0 Å². The molecule has 1 aliphatic carbocycles. The summed E-state index contributed by atoms with van der Waals surface area (Å²) in [6.45, 7) is 0.668. The number of hydrogen-bond donors (Lipinski definition) is 1. The van der Waals surface area contributed by atoms with Crippen LogP contribution >= 0.6 is 0 Å². The third kappa shape index (κ3) is 4.19. The summed E-state index contributed by atoms with van der Waals surface area (Å²) in [5.74, 6) is 0.880. The van der Waals surface area contributed by atoms with Gasteiger partial charge in [-0.3, -0.25) is 5.21 Å². The van der Waals surface area contributed by atoms with Gasteiger partial charge in [0.25, 0.3) is 0 Å². The van der Waals surface area contributed by atoms with Crippen LogP contribution in [0.4, 0.5) is 4.79 Å². The highest BCUT2D eigenvalue weighted by atomic mass is 16.6. The number of amides is 1. The minimum Gasteiger partial charge on any atom is -0.489 e. The van der Waals surface area contributed by atoms with Gasteiger partial charge in [-0.05, 0) is 35.6 Å². The van der Waals surface area contributed by atoms with E-state index in [0.29, 0.717) is 11.7 Å². The highest BCUT2D eigenvalue weighted by Crippen LogP contribution is 2.31. The Bertz CT molecular complexity index is 771. The lowest BCUT2D eigenvalue weighted by atomic mass is 9.91. The van der Waals surface area contributed by atoms with Gasteiger partial charge in [0.05, 0.1) is 13.7 Å². The predicted molar refractivity (Wildman–Crippen MR) is 94.4 cm³/mol. The summed E-state index contributed by atoms with van der Waals surface area (Å²) in [5.41, 5.74) is 4.32. The van der Waals surface area contributed by atoms with Crippen LogP contribution in [-0.2, 0) is 17.8 Å². The highest BCUT2D eigenvalue weighted by molar-refractivity contribution is 5.68. The van der Waals surface area contributed by atoms with Crippen LogP contribution in [0.3, 0.4) is 0 Å². The molecule has 1 amide bonds. The smallest absolute Gasteiger partial charge is 0.433 e. The molecule has 0 radical (unpaired) electrons. The normalized spacial score (nSPS) is 12.8. The predicted octanol–water partition coefficient (Wildman–Crippen LogP) is 4.05. The number of fused-ring (bicyclic) bond motifs is 1. The van der Waals surface area contributed by atoms with Gasteiger partial charge in [-0.25, -0.2) is 4.79 Å². The molecule has 2 aromatic rings. The Morgan fingerprint density at radius 3 is 2.68 bits per heavy atom. The first-order valence-electron chi connectivity index (χ1n) is 8.20. The van der Waals surface area contributed by atoms with E-state index in [4.69, 9.17) is 4.74 Å². The van der Waals surface area contributed by atoms with E-state index in [1.54, 1.807) is 0 Å². The molecule has 0 atom stereocenters. The van der Waals surface area contributed by atoms with Crippen molar-refractivity contribution in [3.8, 4) is 5.75 Å². The van der Waals surface area contributed by atoms with Crippen LogP contribution in [-0.4, -0.2) is 30.0 Å². The topological polar surface area (TPSA) is 59.0 Å². The van der Waals surface area contributed by atoms with Crippen molar-refractivity contribution in [2.75, 3.05) is 13.7 Å². The van der Waals surface area contributed by atoms with Gasteiger partial charge in [-0.1, -0.05) is 48.5 Å². The minimum atomic E-state index is -0.758. The molecule has 5 heteroatoms. The Kier molecular flexibility index (Phi) is 5.36. The van der Waals surface area contributed by atoms with Crippen molar-refractivity contribution in [3.63, 3.8) is 0 Å². The lowest BCUT2D eigenvalue weighted by molar-refractivity contribution is -0.0621. The number of nitrogens with zero attached hydrogens (tertiary/aromatic N) is 1. The van der Waals surface area contributed by atoms with Gasteiger partial charge in [-0.15, -0.1) is 0 Å². The molecule has 0 spiro atoms. The maximum absolute atomic E-state index is 11.3. The third-order valence-electron chi connectivity index (χ3n) is 4.20. The van der Waals surface area contributed by atoms with Gasteiger partial charge >= 0.3 is 6.09 Å². The Labute approximate surface area is 147 Å². The summed E-state index contributed by atoms with van der Waals surface area (Å²) in [4.78, 5) is 11.3. The second-order valence-electron chi connectivity index (χ2n) is 5.93. The van der Waals surface area contributed by atoms with Crippen molar-refractivity contribution in [1.82, 2.24) is 5.06 Å². The molecule has 130 valence electrons. The molecule has 0 saturated carbocycles. The van der Waals surface area contributed by atoms with Crippen LogP contribution in [0.2, 0.25) is 0 Å². The van der Waals surface area contributed by atoms with Crippen molar-refractivity contribution < 1.29 is 19.5 Å². The maximum atomic E-state index is 11.3.